The molecule has 4 heteroatoms. The van der Waals surface area contributed by atoms with Gasteiger partial charge < -0.3 is 5.11 Å². The Morgan fingerprint density at radius 3 is 2.23 bits per heavy atom. The van der Waals surface area contributed by atoms with E-state index in [1.807, 2.05) is 6.92 Å². The minimum absolute atomic E-state index is 0.395. The number of hydrogen-bond donors (Lipinski definition) is 1. The van der Waals surface area contributed by atoms with E-state index in [1.54, 1.807) is 0 Å². The molecular weight excluding hydrogens is 170 g/mol. The van der Waals surface area contributed by atoms with Crippen LogP contribution in [0.2, 0.25) is 0 Å². The van der Waals surface area contributed by atoms with Crippen LogP contribution in [-0.4, -0.2) is 27.5 Å². The van der Waals surface area contributed by atoms with Gasteiger partial charge in [0.25, 0.3) is 11.8 Å². The molecule has 2 amide bonds. The van der Waals surface area contributed by atoms with Crippen LogP contribution in [0.4, 0.5) is 0 Å². The highest BCUT2D eigenvalue weighted by Crippen LogP contribution is 2.21. The van der Waals surface area contributed by atoms with Gasteiger partial charge in [-0.3, -0.25) is 9.59 Å². The van der Waals surface area contributed by atoms with E-state index < -0.39 is 17.5 Å². The van der Waals surface area contributed by atoms with Crippen LogP contribution in [0.25, 0.3) is 0 Å². The molecule has 0 saturated heterocycles. The van der Waals surface area contributed by atoms with Crippen molar-refractivity contribution in [3.8, 4) is 0 Å². The maximum Gasteiger partial charge on any atom is 0.255 e. The minimum atomic E-state index is -1.35. The topological polar surface area (TPSA) is 57.6 Å². The Labute approximate surface area is 76.8 Å². The second kappa shape index (κ2) is 3.30. The standard InChI is InChI=1S/C9H13NO3/c1-3-6-9(2,13)10-7(11)4-5-8(10)12/h4-5,13H,3,6H2,1-2H3. The fraction of sp³-hybridized carbons (Fsp3) is 0.556. The fourth-order valence-corrected chi connectivity index (χ4v) is 1.46. The van der Waals surface area contributed by atoms with E-state index in [0.29, 0.717) is 12.8 Å². The predicted octanol–water partition coefficient (Wildman–Crippen LogP) is 0.420. The second-order valence-electron chi connectivity index (χ2n) is 3.31. The molecule has 0 fully saturated rings. The van der Waals surface area contributed by atoms with Crippen LogP contribution in [0.1, 0.15) is 26.7 Å². The third-order valence-corrected chi connectivity index (χ3v) is 2.01. The largest absolute Gasteiger partial charge is 0.371 e. The van der Waals surface area contributed by atoms with Crippen molar-refractivity contribution < 1.29 is 14.7 Å². The summed E-state index contributed by atoms with van der Waals surface area (Å²) in [7, 11) is 0. The Morgan fingerprint density at radius 2 is 1.85 bits per heavy atom. The quantitative estimate of drug-likeness (QED) is 0.645. The van der Waals surface area contributed by atoms with Gasteiger partial charge in [-0.2, -0.15) is 0 Å². The van der Waals surface area contributed by atoms with Crippen LogP contribution in [-0.2, 0) is 9.59 Å². The van der Waals surface area contributed by atoms with E-state index in [9.17, 15) is 14.7 Å². The van der Waals surface area contributed by atoms with Gasteiger partial charge in [-0.05, 0) is 13.3 Å². The summed E-state index contributed by atoms with van der Waals surface area (Å²) in [4.78, 5) is 23.2. The van der Waals surface area contributed by atoms with Crippen molar-refractivity contribution in [2.24, 2.45) is 0 Å². The highest BCUT2D eigenvalue weighted by Gasteiger charge is 2.38. The van der Waals surface area contributed by atoms with Crippen molar-refractivity contribution in [2.45, 2.75) is 32.4 Å². The first-order chi connectivity index (χ1) is 5.99. The molecule has 0 aromatic carbocycles. The van der Waals surface area contributed by atoms with Crippen LogP contribution in [0, 0.1) is 0 Å². The molecule has 1 N–H and O–H groups in total. The predicted molar refractivity (Wildman–Crippen MR) is 46.5 cm³/mol. The molecule has 0 radical (unpaired) electrons. The summed E-state index contributed by atoms with van der Waals surface area (Å²) in [6, 6.07) is 0. The number of carbonyl (C=O) groups excluding carboxylic acids is 2. The Bertz CT molecular complexity index is 250. The van der Waals surface area contributed by atoms with Crippen molar-refractivity contribution in [3.63, 3.8) is 0 Å². The molecule has 4 nitrogen and oxygen atoms in total. The zero-order valence-corrected chi connectivity index (χ0v) is 7.78. The normalized spacial score (nSPS) is 21.0. The van der Waals surface area contributed by atoms with Crippen LogP contribution >= 0.6 is 0 Å². The average molecular weight is 183 g/mol. The molecular formula is C9H13NO3. The Hall–Kier alpha value is -1.16. The molecule has 1 atom stereocenters. The molecule has 0 aliphatic carbocycles. The van der Waals surface area contributed by atoms with E-state index in [-0.39, 0.29) is 0 Å². The first-order valence-corrected chi connectivity index (χ1v) is 4.27. The molecule has 72 valence electrons. The van der Waals surface area contributed by atoms with Crippen molar-refractivity contribution in [2.75, 3.05) is 0 Å². The molecule has 0 aromatic rings. The van der Waals surface area contributed by atoms with Crippen LogP contribution in [0.15, 0.2) is 12.2 Å². The molecule has 13 heavy (non-hydrogen) atoms. The molecule has 1 aliphatic heterocycles. The number of amides is 2. The van der Waals surface area contributed by atoms with Crippen LogP contribution in [0.5, 0.6) is 0 Å². The zero-order chi connectivity index (χ0) is 10.1. The molecule has 0 saturated carbocycles. The molecule has 1 rings (SSSR count). The van der Waals surface area contributed by atoms with Gasteiger partial charge >= 0.3 is 0 Å². The molecule has 0 spiro atoms. The Balaban J connectivity index is 2.82. The van der Waals surface area contributed by atoms with Crippen molar-refractivity contribution in [1.82, 2.24) is 4.90 Å². The van der Waals surface area contributed by atoms with E-state index in [1.165, 1.54) is 19.1 Å². The molecule has 1 unspecified atom stereocenters. The fourth-order valence-electron chi connectivity index (χ4n) is 1.46. The first kappa shape index (κ1) is 9.92. The maximum absolute atomic E-state index is 11.2. The first-order valence-electron chi connectivity index (χ1n) is 4.27. The number of rotatable bonds is 3. The van der Waals surface area contributed by atoms with Gasteiger partial charge in [0.2, 0.25) is 0 Å². The summed E-state index contributed by atoms with van der Waals surface area (Å²) in [5.41, 5.74) is -1.35. The Kier molecular flexibility index (Phi) is 2.52. The smallest absolute Gasteiger partial charge is 0.255 e. The van der Waals surface area contributed by atoms with Crippen LogP contribution < -0.4 is 0 Å². The summed E-state index contributed by atoms with van der Waals surface area (Å²) in [5, 5.41) is 9.80. The summed E-state index contributed by atoms with van der Waals surface area (Å²) in [5.74, 6) is -0.882. The van der Waals surface area contributed by atoms with Gasteiger partial charge in [-0.1, -0.05) is 13.3 Å². The summed E-state index contributed by atoms with van der Waals surface area (Å²) < 4.78 is 0. The van der Waals surface area contributed by atoms with Gasteiger partial charge in [0, 0.05) is 12.2 Å². The monoisotopic (exact) mass is 183 g/mol. The lowest BCUT2D eigenvalue weighted by atomic mass is 10.1. The zero-order valence-electron chi connectivity index (χ0n) is 7.78. The number of hydrogen-bond acceptors (Lipinski definition) is 3. The van der Waals surface area contributed by atoms with Gasteiger partial charge in [0.1, 0.15) is 5.72 Å². The lowest BCUT2D eigenvalue weighted by Gasteiger charge is -2.31. The molecule has 0 bridgehead atoms. The SMILES string of the molecule is CCCC(C)(O)N1C(=O)C=CC1=O. The van der Waals surface area contributed by atoms with Crippen molar-refractivity contribution in [1.29, 1.82) is 0 Å². The van der Waals surface area contributed by atoms with Gasteiger partial charge in [0.05, 0.1) is 0 Å². The number of carbonyl (C=O) groups is 2. The third-order valence-electron chi connectivity index (χ3n) is 2.01. The number of nitrogens with zero attached hydrogens (tertiary/aromatic N) is 1. The lowest BCUT2D eigenvalue weighted by molar-refractivity contribution is -0.162. The lowest BCUT2D eigenvalue weighted by Crippen LogP contribution is -2.49. The second-order valence-corrected chi connectivity index (χ2v) is 3.31. The van der Waals surface area contributed by atoms with E-state index in [0.717, 1.165) is 4.90 Å². The van der Waals surface area contributed by atoms with Gasteiger partial charge in [-0.25, -0.2) is 4.90 Å². The van der Waals surface area contributed by atoms with E-state index in [2.05, 4.69) is 0 Å². The van der Waals surface area contributed by atoms with Gasteiger partial charge in [-0.15, -0.1) is 0 Å². The summed E-state index contributed by atoms with van der Waals surface area (Å²) in [6.07, 6.45) is 3.45. The molecule has 0 aromatic heterocycles. The van der Waals surface area contributed by atoms with E-state index in [4.69, 9.17) is 0 Å². The maximum atomic E-state index is 11.2. The van der Waals surface area contributed by atoms with Crippen molar-refractivity contribution in [3.05, 3.63) is 12.2 Å². The number of imide groups is 1. The average Bonchev–Trinajstić information content (AvgIpc) is 2.31. The minimum Gasteiger partial charge on any atom is -0.371 e. The highest BCUT2D eigenvalue weighted by molar-refractivity contribution is 6.13. The summed E-state index contributed by atoms with van der Waals surface area (Å²) >= 11 is 0. The van der Waals surface area contributed by atoms with Gasteiger partial charge in [0.15, 0.2) is 0 Å². The molecule has 1 aliphatic rings. The Morgan fingerprint density at radius 1 is 1.38 bits per heavy atom. The summed E-state index contributed by atoms with van der Waals surface area (Å²) in [6.45, 7) is 3.35. The number of aliphatic hydroxyl groups is 1. The van der Waals surface area contributed by atoms with E-state index >= 15 is 0 Å². The highest BCUT2D eigenvalue weighted by atomic mass is 16.3. The van der Waals surface area contributed by atoms with Crippen LogP contribution in [0.3, 0.4) is 0 Å². The van der Waals surface area contributed by atoms with Crippen molar-refractivity contribution >= 4 is 11.8 Å². The molecule has 1 heterocycles. The third kappa shape index (κ3) is 1.78.